The lowest BCUT2D eigenvalue weighted by molar-refractivity contribution is -0.122. The fourth-order valence-electron chi connectivity index (χ4n) is 8.25. The summed E-state index contributed by atoms with van der Waals surface area (Å²) in [6.45, 7) is 2.27. The molecule has 0 aromatic heterocycles. The van der Waals surface area contributed by atoms with E-state index in [4.69, 9.17) is 0 Å². The van der Waals surface area contributed by atoms with Crippen LogP contribution in [-0.4, -0.2) is 51.3 Å². The first-order valence-corrected chi connectivity index (χ1v) is 14.9. The molecule has 5 N–H and O–H groups in total. The molecule has 1 aromatic carbocycles. The third kappa shape index (κ3) is 4.18. The number of hydrogen-bond donors (Lipinski definition) is 5. The van der Waals surface area contributed by atoms with Crippen molar-refractivity contribution in [1.82, 2.24) is 16.0 Å². The number of hydrogen-bond acceptors (Lipinski definition) is 5. The van der Waals surface area contributed by atoms with E-state index in [1.807, 2.05) is 17.8 Å². The standard InChI is InChI=1S/C28H39N3O4S/c1-28-11-10-17-16-7-6-15(32)12-19(16)21(13-18(17)20(28)8-9-24(28)33)29-25(34)5-3-2-4-23-26-22(14-36-23)30-27(35)31-26/h6-7,12,17-18,20-24,26,32-33H,2-5,8-11,13-14H2,1H3,(H,29,34)(H2,30,31,35)/t17-,18-,20+,21+,22+,23+,24?,26+,28+/m1/s1. The van der Waals surface area contributed by atoms with Crippen molar-refractivity contribution >= 4 is 23.7 Å². The number of benzene rings is 1. The molecule has 2 saturated heterocycles. The maximum Gasteiger partial charge on any atom is 0.315 e. The zero-order valence-corrected chi connectivity index (χ0v) is 21.9. The Morgan fingerprint density at radius 3 is 2.92 bits per heavy atom. The molecule has 6 rings (SSSR count). The topological polar surface area (TPSA) is 111 Å². The molecular weight excluding hydrogens is 474 g/mol. The molecule has 36 heavy (non-hydrogen) atoms. The number of nitrogens with one attached hydrogen (secondary N) is 3. The van der Waals surface area contributed by atoms with Crippen molar-refractivity contribution < 1.29 is 19.8 Å². The number of aliphatic hydroxyl groups excluding tert-OH is 1. The number of phenols is 1. The minimum Gasteiger partial charge on any atom is -0.508 e. The molecule has 196 valence electrons. The number of urea groups is 1. The van der Waals surface area contributed by atoms with E-state index < -0.39 is 0 Å². The number of aromatic hydroxyl groups is 1. The molecule has 4 fully saturated rings. The van der Waals surface area contributed by atoms with Gasteiger partial charge in [-0.05, 0) is 91.4 Å². The second kappa shape index (κ2) is 9.43. The molecule has 3 aliphatic carbocycles. The van der Waals surface area contributed by atoms with Gasteiger partial charge in [0.2, 0.25) is 5.91 Å². The lowest BCUT2D eigenvalue weighted by Gasteiger charge is -2.51. The van der Waals surface area contributed by atoms with E-state index in [1.54, 1.807) is 6.07 Å². The second-order valence-corrected chi connectivity index (χ2v) is 13.3. The molecule has 2 saturated carbocycles. The molecule has 1 unspecified atom stereocenters. The normalized spacial score (nSPS) is 40.4. The summed E-state index contributed by atoms with van der Waals surface area (Å²) in [4.78, 5) is 24.6. The van der Waals surface area contributed by atoms with Gasteiger partial charge in [-0.3, -0.25) is 4.79 Å². The number of thioether (sulfide) groups is 1. The first-order chi connectivity index (χ1) is 17.3. The van der Waals surface area contributed by atoms with Crippen molar-refractivity contribution in [2.24, 2.45) is 17.3 Å². The zero-order valence-electron chi connectivity index (χ0n) is 21.0. The monoisotopic (exact) mass is 513 g/mol. The van der Waals surface area contributed by atoms with Crippen LogP contribution in [0.15, 0.2) is 18.2 Å². The summed E-state index contributed by atoms with van der Waals surface area (Å²) in [5.74, 6) is 2.66. The molecule has 0 bridgehead atoms. The Labute approximate surface area is 217 Å². The number of phenolic OH excluding ortho intramolecular Hbond substituents is 1. The van der Waals surface area contributed by atoms with Gasteiger partial charge in [0.1, 0.15) is 5.75 Å². The van der Waals surface area contributed by atoms with Crippen LogP contribution in [0.25, 0.3) is 0 Å². The van der Waals surface area contributed by atoms with Crippen molar-refractivity contribution in [3.63, 3.8) is 0 Å². The Kier molecular flexibility index (Phi) is 6.39. The third-order valence-corrected chi connectivity index (χ3v) is 11.7. The maximum atomic E-state index is 13.0. The highest BCUT2D eigenvalue weighted by atomic mass is 32.2. The molecule has 8 heteroatoms. The highest BCUT2D eigenvalue weighted by Gasteiger charge is 2.55. The van der Waals surface area contributed by atoms with Gasteiger partial charge in [0.05, 0.1) is 24.2 Å². The summed E-state index contributed by atoms with van der Waals surface area (Å²) in [6.07, 6.45) is 8.00. The van der Waals surface area contributed by atoms with Crippen LogP contribution in [0.4, 0.5) is 4.79 Å². The summed E-state index contributed by atoms with van der Waals surface area (Å²) >= 11 is 1.92. The molecule has 7 nitrogen and oxygen atoms in total. The number of rotatable bonds is 6. The average molecular weight is 514 g/mol. The number of fused-ring (bicyclic) bond motifs is 6. The summed E-state index contributed by atoms with van der Waals surface area (Å²) in [5.41, 5.74) is 2.33. The molecule has 2 heterocycles. The van der Waals surface area contributed by atoms with Gasteiger partial charge in [-0.2, -0.15) is 11.8 Å². The SMILES string of the molecule is C[C@]12CC[C@@H]3c4ccc(O)cc4[C@@H](NC(=O)CCCC[C@@H]4SC[C@@H]5NC(=O)N[C@@H]54)C[C@H]3[C@@H]1CCC2O. The molecule has 0 radical (unpaired) electrons. The molecule has 9 atom stereocenters. The number of carbonyl (C=O) groups excluding carboxylic acids is 2. The second-order valence-electron chi connectivity index (χ2n) is 12.1. The summed E-state index contributed by atoms with van der Waals surface area (Å²) in [5, 5.41) is 30.8. The quantitative estimate of drug-likeness (QED) is 0.292. The van der Waals surface area contributed by atoms with E-state index >= 15 is 0 Å². The van der Waals surface area contributed by atoms with E-state index in [2.05, 4.69) is 28.9 Å². The van der Waals surface area contributed by atoms with Crippen LogP contribution >= 0.6 is 11.8 Å². The van der Waals surface area contributed by atoms with Gasteiger partial charge in [-0.15, -0.1) is 0 Å². The van der Waals surface area contributed by atoms with Crippen LogP contribution < -0.4 is 16.0 Å². The van der Waals surface area contributed by atoms with Crippen molar-refractivity contribution in [3.8, 4) is 5.75 Å². The van der Waals surface area contributed by atoms with Crippen molar-refractivity contribution in [2.75, 3.05) is 5.75 Å². The smallest absolute Gasteiger partial charge is 0.315 e. The van der Waals surface area contributed by atoms with Crippen LogP contribution in [0.3, 0.4) is 0 Å². The highest BCUT2D eigenvalue weighted by molar-refractivity contribution is 8.00. The van der Waals surface area contributed by atoms with Crippen LogP contribution in [0, 0.1) is 17.3 Å². The van der Waals surface area contributed by atoms with Crippen molar-refractivity contribution in [2.45, 2.75) is 100 Å². The van der Waals surface area contributed by atoms with Gasteiger partial charge in [0.25, 0.3) is 0 Å². The van der Waals surface area contributed by atoms with E-state index in [0.717, 1.165) is 62.7 Å². The van der Waals surface area contributed by atoms with E-state index in [9.17, 15) is 19.8 Å². The van der Waals surface area contributed by atoms with Crippen LogP contribution in [0.5, 0.6) is 5.75 Å². The van der Waals surface area contributed by atoms with E-state index in [-0.39, 0.29) is 47.3 Å². The molecule has 2 aliphatic heterocycles. The molecular formula is C28H39N3O4S. The van der Waals surface area contributed by atoms with Gasteiger partial charge >= 0.3 is 6.03 Å². The van der Waals surface area contributed by atoms with Crippen molar-refractivity contribution in [1.29, 1.82) is 0 Å². The van der Waals surface area contributed by atoms with Gasteiger partial charge in [-0.25, -0.2) is 4.79 Å². The minimum absolute atomic E-state index is 0.0181. The Morgan fingerprint density at radius 1 is 1.19 bits per heavy atom. The van der Waals surface area contributed by atoms with E-state index in [1.165, 1.54) is 5.56 Å². The minimum atomic E-state index is -0.223. The van der Waals surface area contributed by atoms with Gasteiger partial charge < -0.3 is 26.2 Å². The molecule has 0 spiro atoms. The zero-order chi connectivity index (χ0) is 25.0. The fourth-order valence-corrected chi connectivity index (χ4v) is 9.80. The van der Waals surface area contributed by atoms with E-state index in [0.29, 0.717) is 29.4 Å². The van der Waals surface area contributed by atoms with Crippen LogP contribution in [-0.2, 0) is 4.79 Å². The Morgan fingerprint density at radius 2 is 2.06 bits per heavy atom. The molecule has 3 amide bonds. The number of amides is 3. The third-order valence-electron chi connectivity index (χ3n) is 10.2. The first-order valence-electron chi connectivity index (χ1n) is 13.8. The van der Waals surface area contributed by atoms with Crippen molar-refractivity contribution in [3.05, 3.63) is 29.3 Å². The number of unbranched alkanes of at least 4 members (excludes halogenated alkanes) is 1. The Hall–Kier alpha value is -1.93. The summed E-state index contributed by atoms with van der Waals surface area (Å²) in [6, 6.07) is 6.01. The Balaban J connectivity index is 1.09. The fraction of sp³-hybridized carbons (Fsp3) is 0.714. The van der Waals surface area contributed by atoms with Crippen LogP contribution in [0.2, 0.25) is 0 Å². The summed E-state index contributed by atoms with van der Waals surface area (Å²) in [7, 11) is 0. The predicted molar refractivity (Wildman–Crippen MR) is 140 cm³/mol. The predicted octanol–water partition coefficient (Wildman–Crippen LogP) is 3.95. The largest absolute Gasteiger partial charge is 0.508 e. The van der Waals surface area contributed by atoms with Gasteiger partial charge in [0, 0.05) is 17.4 Å². The first kappa shape index (κ1) is 24.4. The van der Waals surface area contributed by atoms with Gasteiger partial charge in [-0.1, -0.05) is 19.4 Å². The Bertz CT molecular complexity index is 1040. The lowest BCUT2D eigenvalue weighted by atomic mass is 9.54. The lowest BCUT2D eigenvalue weighted by Crippen LogP contribution is -2.46. The molecule has 5 aliphatic rings. The molecule has 1 aromatic rings. The summed E-state index contributed by atoms with van der Waals surface area (Å²) < 4.78 is 0. The average Bonchev–Trinajstić information content (AvgIpc) is 3.49. The number of carbonyl (C=O) groups is 2. The maximum absolute atomic E-state index is 13.0. The van der Waals surface area contributed by atoms with Gasteiger partial charge in [0.15, 0.2) is 0 Å². The van der Waals surface area contributed by atoms with Crippen LogP contribution in [0.1, 0.15) is 87.8 Å². The highest BCUT2D eigenvalue weighted by Crippen LogP contribution is 2.62. The number of aliphatic hydroxyl groups is 1.